The number of nitrogens with one attached hydrogen (secondary N) is 1. The average molecular weight is 310 g/mol. The largest absolute Gasteiger partial charge is 0.366 e. The van der Waals surface area contributed by atoms with Crippen LogP contribution in [0.25, 0.3) is 0 Å². The van der Waals surface area contributed by atoms with Crippen LogP contribution >= 0.6 is 0 Å². The van der Waals surface area contributed by atoms with Gasteiger partial charge in [0.2, 0.25) is 0 Å². The summed E-state index contributed by atoms with van der Waals surface area (Å²) in [6.07, 6.45) is 3.49. The van der Waals surface area contributed by atoms with Gasteiger partial charge in [-0.1, -0.05) is 12.1 Å². The Hall–Kier alpha value is -1.07. The minimum absolute atomic E-state index is 0.0740. The van der Waals surface area contributed by atoms with E-state index in [0.29, 0.717) is 10.9 Å². The Morgan fingerprint density at radius 3 is 2.57 bits per heavy atom. The van der Waals surface area contributed by atoms with Crippen molar-refractivity contribution in [1.29, 1.82) is 0 Å². The van der Waals surface area contributed by atoms with Crippen molar-refractivity contribution in [2.24, 2.45) is 0 Å². The molecule has 0 radical (unpaired) electrons. The van der Waals surface area contributed by atoms with E-state index in [1.807, 2.05) is 12.1 Å². The van der Waals surface area contributed by atoms with E-state index < -0.39 is 9.84 Å². The summed E-state index contributed by atoms with van der Waals surface area (Å²) in [6.45, 7) is 8.24. The summed E-state index contributed by atoms with van der Waals surface area (Å²) < 4.78 is 24.0. The molecule has 1 heterocycles. The number of sulfone groups is 1. The van der Waals surface area contributed by atoms with E-state index in [0.717, 1.165) is 31.6 Å². The minimum Gasteiger partial charge on any atom is -0.366 e. The van der Waals surface area contributed by atoms with Gasteiger partial charge in [0.05, 0.1) is 10.6 Å². The zero-order valence-corrected chi connectivity index (χ0v) is 14.2. The van der Waals surface area contributed by atoms with Gasteiger partial charge in [-0.2, -0.15) is 0 Å². The molecule has 1 atom stereocenters. The second kappa shape index (κ2) is 5.97. The van der Waals surface area contributed by atoms with Crippen LogP contribution in [0.2, 0.25) is 0 Å². The average Bonchev–Trinajstić information content (AvgIpc) is 2.82. The topological polar surface area (TPSA) is 49.4 Å². The van der Waals surface area contributed by atoms with Crippen molar-refractivity contribution in [3.63, 3.8) is 0 Å². The van der Waals surface area contributed by atoms with Crippen LogP contribution in [0.4, 0.5) is 5.69 Å². The number of rotatable bonds is 4. The molecule has 0 aromatic heterocycles. The van der Waals surface area contributed by atoms with Gasteiger partial charge in [-0.3, -0.25) is 0 Å². The molecule has 1 fully saturated rings. The molecular formula is C16H26N2O2S. The van der Waals surface area contributed by atoms with Crippen molar-refractivity contribution in [2.45, 2.75) is 50.1 Å². The maximum Gasteiger partial charge on any atom is 0.177 e. The predicted molar refractivity (Wildman–Crippen MR) is 87.7 cm³/mol. The molecule has 1 saturated heterocycles. The standard InChI is InChI=1S/C16H26N2O2S/c1-16(2,3)17-12-13-8-7-11-18(13)14-9-5-6-10-15(14)21(4,19)20/h5-6,9-10,13,17H,7-8,11-12H2,1-4H3. The van der Waals surface area contributed by atoms with E-state index in [1.165, 1.54) is 6.26 Å². The van der Waals surface area contributed by atoms with E-state index in [-0.39, 0.29) is 5.54 Å². The lowest BCUT2D eigenvalue weighted by atomic mass is 10.1. The van der Waals surface area contributed by atoms with Gasteiger partial charge in [-0.25, -0.2) is 8.42 Å². The molecule has 5 heteroatoms. The van der Waals surface area contributed by atoms with Gasteiger partial charge in [0.25, 0.3) is 0 Å². The zero-order chi connectivity index (χ0) is 15.7. The van der Waals surface area contributed by atoms with Crippen LogP contribution in [0.1, 0.15) is 33.6 Å². The molecule has 1 N–H and O–H groups in total. The Bertz CT molecular complexity index is 591. The van der Waals surface area contributed by atoms with Crippen LogP contribution in [-0.4, -0.2) is 39.3 Å². The van der Waals surface area contributed by atoms with Crippen LogP contribution in [0, 0.1) is 0 Å². The number of hydrogen-bond donors (Lipinski definition) is 1. The maximum absolute atomic E-state index is 12.0. The van der Waals surface area contributed by atoms with Gasteiger partial charge in [0.1, 0.15) is 0 Å². The van der Waals surface area contributed by atoms with Crippen LogP contribution in [0.3, 0.4) is 0 Å². The first-order chi connectivity index (χ1) is 9.68. The second-order valence-corrected chi connectivity index (χ2v) is 8.84. The van der Waals surface area contributed by atoms with E-state index in [2.05, 4.69) is 31.0 Å². The molecule has 1 unspecified atom stereocenters. The van der Waals surface area contributed by atoms with Gasteiger partial charge >= 0.3 is 0 Å². The molecule has 0 saturated carbocycles. The molecule has 1 aromatic rings. The third-order valence-electron chi connectivity index (χ3n) is 3.82. The number of hydrogen-bond acceptors (Lipinski definition) is 4. The van der Waals surface area contributed by atoms with Crippen LogP contribution < -0.4 is 10.2 Å². The summed E-state index contributed by atoms with van der Waals surface area (Å²) in [5.74, 6) is 0. The zero-order valence-electron chi connectivity index (χ0n) is 13.4. The van der Waals surface area contributed by atoms with Crippen molar-refractivity contribution < 1.29 is 8.42 Å². The van der Waals surface area contributed by atoms with Crippen molar-refractivity contribution in [2.75, 3.05) is 24.2 Å². The summed E-state index contributed by atoms with van der Waals surface area (Å²) in [5, 5.41) is 3.53. The molecule has 0 bridgehead atoms. The molecule has 2 rings (SSSR count). The summed E-state index contributed by atoms with van der Waals surface area (Å²) in [4.78, 5) is 2.68. The summed E-state index contributed by atoms with van der Waals surface area (Å²) in [5.41, 5.74) is 0.920. The minimum atomic E-state index is -3.20. The number of anilines is 1. The van der Waals surface area contributed by atoms with Gasteiger partial charge in [0.15, 0.2) is 9.84 Å². The van der Waals surface area contributed by atoms with E-state index in [4.69, 9.17) is 0 Å². The van der Waals surface area contributed by atoms with Crippen LogP contribution in [-0.2, 0) is 9.84 Å². The van der Waals surface area contributed by atoms with Crippen molar-refractivity contribution in [1.82, 2.24) is 5.32 Å². The highest BCUT2D eigenvalue weighted by Gasteiger charge is 2.28. The Kier molecular flexibility index (Phi) is 4.63. The van der Waals surface area contributed by atoms with Crippen molar-refractivity contribution >= 4 is 15.5 Å². The normalized spacial score (nSPS) is 20.0. The highest BCUT2D eigenvalue weighted by Crippen LogP contribution is 2.31. The molecule has 0 spiro atoms. The summed E-state index contributed by atoms with van der Waals surface area (Å²) >= 11 is 0. The molecule has 1 aromatic carbocycles. The van der Waals surface area contributed by atoms with E-state index >= 15 is 0 Å². The lowest BCUT2D eigenvalue weighted by molar-refractivity contribution is 0.404. The number of para-hydroxylation sites is 1. The third kappa shape index (κ3) is 4.20. The molecule has 4 nitrogen and oxygen atoms in total. The van der Waals surface area contributed by atoms with E-state index in [9.17, 15) is 8.42 Å². The first-order valence-corrected chi connectivity index (χ1v) is 9.38. The monoisotopic (exact) mass is 310 g/mol. The van der Waals surface area contributed by atoms with Crippen LogP contribution in [0.15, 0.2) is 29.2 Å². The number of nitrogens with zero attached hydrogens (tertiary/aromatic N) is 1. The Morgan fingerprint density at radius 2 is 1.95 bits per heavy atom. The molecule has 0 amide bonds. The first-order valence-electron chi connectivity index (χ1n) is 7.49. The fraction of sp³-hybridized carbons (Fsp3) is 0.625. The lowest BCUT2D eigenvalue weighted by Gasteiger charge is -2.31. The van der Waals surface area contributed by atoms with Crippen LogP contribution in [0.5, 0.6) is 0 Å². The molecule has 21 heavy (non-hydrogen) atoms. The van der Waals surface area contributed by atoms with Gasteiger partial charge < -0.3 is 10.2 Å². The Balaban J connectivity index is 2.25. The third-order valence-corrected chi connectivity index (χ3v) is 4.96. The predicted octanol–water partition coefficient (Wildman–Crippen LogP) is 2.45. The maximum atomic E-state index is 12.0. The second-order valence-electron chi connectivity index (χ2n) is 6.86. The fourth-order valence-electron chi connectivity index (χ4n) is 2.80. The lowest BCUT2D eigenvalue weighted by Crippen LogP contribution is -2.45. The van der Waals surface area contributed by atoms with E-state index in [1.54, 1.807) is 12.1 Å². The van der Waals surface area contributed by atoms with Gasteiger partial charge in [-0.15, -0.1) is 0 Å². The SMILES string of the molecule is CC(C)(C)NCC1CCCN1c1ccccc1S(C)(=O)=O. The quantitative estimate of drug-likeness (QED) is 0.928. The highest BCUT2D eigenvalue weighted by molar-refractivity contribution is 7.90. The molecule has 1 aliphatic rings. The fourth-order valence-corrected chi connectivity index (χ4v) is 3.69. The van der Waals surface area contributed by atoms with Crippen molar-refractivity contribution in [3.05, 3.63) is 24.3 Å². The molecular weight excluding hydrogens is 284 g/mol. The highest BCUT2D eigenvalue weighted by atomic mass is 32.2. The smallest absolute Gasteiger partial charge is 0.177 e. The molecule has 118 valence electrons. The molecule has 0 aliphatic carbocycles. The van der Waals surface area contributed by atoms with Gasteiger partial charge in [0, 0.05) is 30.9 Å². The number of benzene rings is 1. The first kappa shape index (κ1) is 16.3. The summed E-state index contributed by atoms with van der Waals surface area (Å²) in [7, 11) is -3.20. The summed E-state index contributed by atoms with van der Waals surface area (Å²) in [6, 6.07) is 7.69. The molecule has 1 aliphatic heterocycles. The Labute approximate surface area is 128 Å². The van der Waals surface area contributed by atoms with Crippen molar-refractivity contribution in [3.8, 4) is 0 Å². The Morgan fingerprint density at radius 1 is 1.29 bits per heavy atom. The van der Waals surface area contributed by atoms with Gasteiger partial charge in [-0.05, 0) is 45.7 Å².